The van der Waals surface area contributed by atoms with Gasteiger partial charge in [0.25, 0.3) is 5.91 Å². The summed E-state index contributed by atoms with van der Waals surface area (Å²) in [5.41, 5.74) is 1.55. The Morgan fingerprint density at radius 1 is 1.32 bits per heavy atom. The van der Waals surface area contributed by atoms with Crippen LogP contribution < -0.4 is 10.6 Å². The minimum atomic E-state index is -0.0432. The highest BCUT2D eigenvalue weighted by atomic mass is 16.1. The van der Waals surface area contributed by atoms with Crippen LogP contribution in [0.3, 0.4) is 0 Å². The number of nitrogens with zero attached hydrogens (tertiary/aromatic N) is 2. The van der Waals surface area contributed by atoms with Gasteiger partial charge in [0.2, 0.25) is 0 Å². The molecule has 0 saturated carbocycles. The lowest BCUT2D eigenvalue weighted by Crippen LogP contribution is -2.43. The van der Waals surface area contributed by atoms with E-state index in [1.165, 1.54) is 0 Å². The summed E-state index contributed by atoms with van der Waals surface area (Å²) in [6, 6.07) is 3.72. The molecule has 2 aromatic heterocycles. The number of amides is 1. The zero-order valence-electron chi connectivity index (χ0n) is 12.8. The third-order valence-electron chi connectivity index (χ3n) is 4.06. The maximum atomic E-state index is 12.1. The molecule has 3 rings (SSSR count). The van der Waals surface area contributed by atoms with Crippen molar-refractivity contribution in [1.82, 2.24) is 25.5 Å². The molecule has 22 heavy (non-hydrogen) atoms. The summed E-state index contributed by atoms with van der Waals surface area (Å²) >= 11 is 0. The molecule has 0 radical (unpaired) electrons. The van der Waals surface area contributed by atoms with E-state index in [-0.39, 0.29) is 5.91 Å². The Morgan fingerprint density at radius 3 is 3.00 bits per heavy atom. The number of unbranched alkanes of at least 4 members (excludes halogenated alkanes) is 1. The van der Waals surface area contributed by atoms with Crippen molar-refractivity contribution in [2.75, 3.05) is 39.3 Å². The van der Waals surface area contributed by atoms with Gasteiger partial charge >= 0.3 is 0 Å². The number of nitrogens with one attached hydrogen (secondary N) is 3. The highest BCUT2D eigenvalue weighted by Crippen LogP contribution is 2.13. The summed E-state index contributed by atoms with van der Waals surface area (Å²) in [5, 5.41) is 7.29. The highest BCUT2D eigenvalue weighted by Gasteiger charge is 2.10. The number of rotatable bonds is 6. The summed E-state index contributed by atoms with van der Waals surface area (Å²) in [6.45, 7) is 6.29. The number of aromatic nitrogens is 2. The van der Waals surface area contributed by atoms with E-state index >= 15 is 0 Å². The summed E-state index contributed by atoms with van der Waals surface area (Å²) in [4.78, 5) is 21.7. The Hall–Kier alpha value is -1.92. The van der Waals surface area contributed by atoms with Gasteiger partial charge in [0.1, 0.15) is 5.69 Å². The lowest BCUT2D eigenvalue weighted by Gasteiger charge is -2.27. The molecule has 6 nitrogen and oxygen atoms in total. The molecule has 0 unspecified atom stereocenters. The molecule has 3 heterocycles. The maximum Gasteiger partial charge on any atom is 0.267 e. The van der Waals surface area contributed by atoms with E-state index in [1.807, 2.05) is 12.1 Å². The predicted molar refractivity (Wildman–Crippen MR) is 87.0 cm³/mol. The fraction of sp³-hybridized carbons (Fsp3) is 0.500. The largest absolute Gasteiger partial charge is 0.351 e. The number of aromatic amines is 1. The Balaban J connectivity index is 1.38. The molecule has 2 aromatic rings. The van der Waals surface area contributed by atoms with E-state index in [0.29, 0.717) is 5.69 Å². The molecule has 1 fully saturated rings. The standard InChI is InChI=1S/C16H23N5O/c22-16(15-11-13-12-18-5-3-14(13)20-15)19-4-1-2-8-21-9-6-17-7-10-21/h3,5,11-12,17,20H,1-2,4,6-10H2,(H,19,22). The van der Waals surface area contributed by atoms with Crippen molar-refractivity contribution in [1.29, 1.82) is 0 Å². The van der Waals surface area contributed by atoms with Crippen molar-refractivity contribution in [2.45, 2.75) is 12.8 Å². The number of hydrogen-bond acceptors (Lipinski definition) is 4. The van der Waals surface area contributed by atoms with Crippen LogP contribution in [0.2, 0.25) is 0 Å². The molecule has 1 aliphatic rings. The van der Waals surface area contributed by atoms with E-state index < -0.39 is 0 Å². The first-order valence-corrected chi connectivity index (χ1v) is 7.97. The van der Waals surface area contributed by atoms with Crippen molar-refractivity contribution in [3.8, 4) is 0 Å². The Bertz CT molecular complexity index is 585. The first-order valence-electron chi connectivity index (χ1n) is 7.97. The number of fused-ring (bicyclic) bond motifs is 1. The fourth-order valence-corrected chi connectivity index (χ4v) is 2.79. The topological polar surface area (TPSA) is 73.1 Å². The van der Waals surface area contributed by atoms with E-state index in [1.54, 1.807) is 12.4 Å². The van der Waals surface area contributed by atoms with Gasteiger partial charge in [0.15, 0.2) is 0 Å². The minimum Gasteiger partial charge on any atom is -0.351 e. The minimum absolute atomic E-state index is 0.0432. The normalized spacial score (nSPS) is 16.0. The van der Waals surface area contributed by atoms with Crippen LogP contribution in [-0.4, -0.2) is 60.0 Å². The number of pyridine rings is 1. The quantitative estimate of drug-likeness (QED) is 0.695. The van der Waals surface area contributed by atoms with E-state index in [0.717, 1.165) is 63.0 Å². The Kier molecular flexibility index (Phi) is 5.03. The molecule has 3 N–H and O–H groups in total. The fourth-order valence-electron chi connectivity index (χ4n) is 2.79. The van der Waals surface area contributed by atoms with Gasteiger partial charge in [-0.1, -0.05) is 0 Å². The van der Waals surface area contributed by atoms with Crippen molar-refractivity contribution in [3.63, 3.8) is 0 Å². The van der Waals surface area contributed by atoms with Crippen LogP contribution in [0.15, 0.2) is 24.5 Å². The second-order valence-electron chi connectivity index (χ2n) is 5.70. The lowest BCUT2D eigenvalue weighted by atomic mass is 10.2. The molecule has 0 atom stereocenters. The number of carbonyl (C=O) groups is 1. The molecule has 118 valence electrons. The summed E-state index contributed by atoms with van der Waals surface area (Å²) in [6.07, 6.45) is 5.61. The average Bonchev–Trinajstić information content (AvgIpc) is 2.99. The van der Waals surface area contributed by atoms with Crippen LogP contribution in [0.4, 0.5) is 0 Å². The van der Waals surface area contributed by atoms with Gasteiger partial charge < -0.3 is 20.5 Å². The van der Waals surface area contributed by atoms with Crippen LogP contribution in [0.5, 0.6) is 0 Å². The molecule has 1 amide bonds. The second kappa shape index (κ2) is 7.38. The molecule has 1 saturated heterocycles. The number of H-pyrrole nitrogens is 1. The molecule has 6 heteroatoms. The second-order valence-corrected chi connectivity index (χ2v) is 5.70. The smallest absolute Gasteiger partial charge is 0.267 e. The van der Waals surface area contributed by atoms with Crippen LogP contribution >= 0.6 is 0 Å². The van der Waals surface area contributed by atoms with Gasteiger partial charge in [-0.25, -0.2) is 0 Å². The molecular weight excluding hydrogens is 278 g/mol. The van der Waals surface area contributed by atoms with E-state index in [9.17, 15) is 4.79 Å². The van der Waals surface area contributed by atoms with Crippen LogP contribution in [0.1, 0.15) is 23.3 Å². The van der Waals surface area contributed by atoms with Crippen molar-refractivity contribution in [3.05, 3.63) is 30.2 Å². The molecular formula is C16H23N5O. The molecule has 0 bridgehead atoms. The number of carbonyl (C=O) groups excluding carboxylic acids is 1. The molecule has 0 aromatic carbocycles. The summed E-state index contributed by atoms with van der Waals surface area (Å²) in [7, 11) is 0. The van der Waals surface area contributed by atoms with Crippen molar-refractivity contribution in [2.24, 2.45) is 0 Å². The van der Waals surface area contributed by atoms with Crippen molar-refractivity contribution >= 4 is 16.8 Å². The summed E-state index contributed by atoms with van der Waals surface area (Å²) < 4.78 is 0. The Labute approximate surface area is 130 Å². The SMILES string of the molecule is O=C(NCCCCN1CCNCC1)c1cc2cnccc2[nH]1. The van der Waals surface area contributed by atoms with Gasteiger partial charge in [-0.15, -0.1) is 0 Å². The van der Waals surface area contributed by atoms with Gasteiger partial charge in [-0.2, -0.15) is 0 Å². The van der Waals surface area contributed by atoms with Crippen molar-refractivity contribution < 1.29 is 4.79 Å². The maximum absolute atomic E-state index is 12.1. The first kappa shape index (κ1) is 15.0. The van der Waals surface area contributed by atoms with E-state index in [2.05, 4.69) is 25.5 Å². The third kappa shape index (κ3) is 3.84. The van der Waals surface area contributed by atoms with Crippen LogP contribution in [0.25, 0.3) is 10.9 Å². The molecule has 1 aliphatic heterocycles. The monoisotopic (exact) mass is 301 g/mol. The Morgan fingerprint density at radius 2 is 2.18 bits per heavy atom. The third-order valence-corrected chi connectivity index (χ3v) is 4.06. The van der Waals surface area contributed by atoms with Gasteiger partial charge in [0.05, 0.1) is 0 Å². The zero-order chi connectivity index (χ0) is 15.2. The number of piperazine rings is 1. The van der Waals surface area contributed by atoms with Gasteiger partial charge in [-0.05, 0) is 31.5 Å². The van der Waals surface area contributed by atoms with Crippen LogP contribution in [-0.2, 0) is 0 Å². The van der Waals surface area contributed by atoms with Gasteiger partial charge in [0, 0.05) is 56.0 Å². The van der Waals surface area contributed by atoms with E-state index in [4.69, 9.17) is 0 Å². The summed E-state index contributed by atoms with van der Waals surface area (Å²) in [5.74, 6) is -0.0432. The number of hydrogen-bond donors (Lipinski definition) is 3. The van der Waals surface area contributed by atoms with Gasteiger partial charge in [-0.3, -0.25) is 9.78 Å². The lowest BCUT2D eigenvalue weighted by molar-refractivity contribution is 0.0948. The zero-order valence-corrected chi connectivity index (χ0v) is 12.8. The van der Waals surface area contributed by atoms with Crippen LogP contribution in [0, 0.1) is 0 Å². The highest BCUT2D eigenvalue weighted by molar-refractivity contribution is 5.97. The molecule has 0 spiro atoms. The first-order chi connectivity index (χ1) is 10.8. The average molecular weight is 301 g/mol. The molecule has 0 aliphatic carbocycles. The predicted octanol–water partition coefficient (Wildman–Crippen LogP) is 0.978.